The lowest BCUT2D eigenvalue weighted by Gasteiger charge is -2.19. The second-order valence-corrected chi connectivity index (χ2v) is 2.51. The topological polar surface area (TPSA) is 40.5 Å². The quantitative estimate of drug-likeness (QED) is 0.623. The number of alkyl halides is 1. The van der Waals surface area contributed by atoms with E-state index in [1.165, 1.54) is 0 Å². The largest absolute Gasteiger partial charge is 0.395 e. The van der Waals surface area contributed by atoms with Crippen molar-refractivity contribution in [1.29, 1.82) is 0 Å². The van der Waals surface area contributed by atoms with Crippen LogP contribution in [0.2, 0.25) is 0 Å². The number of aliphatic hydroxyl groups is 1. The summed E-state index contributed by atoms with van der Waals surface area (Å²) in [6.45, 7) is 3.04. The van der Waals surface area contributed by atoms with E-state index >= 15 is 0 Å². The highest BCUT2D eigenvalue weighted by Gasteiger charge is 2.09. The van der Waals surface area contributed by atoms with Crippen LogP contribution in [0.4, 0.5) is 0 Å². The molecule has 1 amide bonds. The molecule has 0 aliphatic rings. The number of aliphatic hydroxyl groups excluding tert-OH is 1. The van der Waals surface area contributed by atoms with Crippen molar-refractivity contribution < 1.29 is 9.90 Å². The second-order valence-electron chi connectivity index (χ2n) is 2.24. The summed E-state index contributed by atoms with van der Waals surface area (Å²) in [5.74, 6) is -0.109. The zero-order chi connectivity index (χ0) is 8.69. The van der Waals surface area contributed by atoms with Crippen LogP contribution in [-0.2, 0) is 4.79 Å². The Hall–Kier alpha value is -0.280. The first-order chi connectivity index (χ1) is 5.26. The molecule has 0 aromatic carbocycles. The van der Waals surface area contributed by atoms with Gasteiger partial charge in [-0.05, 0) is 6.42 Å². The van der Waals surface area contributed by atoms with Crippen molar-refractivity contribution >= 4 is 17.5 Å². The third-order valence-corrected chi connectivity index (χ3v) is 1.56. The number of rotatable bonds is 5. The molecule has 66 valence electrons. The molecule has 0 radical (unpaired) electrons. The zero-order valence-electron chi connectivity index (χ0n) is 6.72. The molecule has 1 N–H and O–H groups in total. The van der Waals surface area contributed by atoms with Gasteiger partial charge in [0.15, 0.2) is 0 Å². The summed E-state index contributed by atoms with van der Waals surface area (Å²) >= 11 is 5.35. The summed E-state index contributed by atoms with van der Waals surface area (Å²) in [5.41, 5.74) is 0. The normalized spacial score (nSPS) is 9.73. The second kappa shape index (κ2) is 6.43. The minimum Gasteiger partial charge on any atom is -0.395 e. The van der Waals surface area contributed by atoms with Gasteiger partial charge in [-0.2, -0.15) is 0 Å². The third-order valence-electron chi connectivity index (χ3n) is 1.33. The van der Waals surface area contributed by atoms with Gasteiger partial charge in [-0.15, -0.1) is 11.6 Å². The van der Waals surface area contributed by atoms with Gasteiger partial charge in [0.2, 0.25) is 5.91 Å². The molecule has 0 spiro atoms. The summed E-state index contributed by atoms with van der Waals surface area (Å²) in [6.07, 6.45) is 0.891. The Morgan fingerprint density at radius 3 is 2.55 bits per heavy atom. The van der Waals surface area contributed by atoms with Crippen molar-refractivity contribution in [3.63, 3.8) is 0 Å². The molecule has 11 heavy (non-hydrogen) atoms. The minimum atomic E-state index is -0.109. The lowest BCUT2D eigenvalue weighted by molar-refractivity contribution is -0.129. The number of amides is 1. The Morgan fingerprint density at radius 2 is 2.18 bits per heavy atom. The molecular formula is C7H14ClNO2. The van der Waals surface area contributed by atoms with Gasteiger partial charge in [0.1, 0.15) is 5.88 Å². The number of hydrogen-bond acceptors (Lipinski definition) is 2. The number of carbonyl (C=O) groups excluding carboxylic acids is 1. The Bertz CT molecular complexity index is 113. The summed E-state index contributed by atoms with van der Waals surface area (Å²) in [5, 5.41) is 8.57. The van der Waals surface area contributed by atoms with Crippen LogP contribution in [0.3, 0.4) is 0 Å². The fourth-order valence-corrected chi connectivity index (χ4v) is 1.01. The van der Waals surface area contributed by atoms with Crippen molar-refractivity contribution in [1.82, 2.24) is 4.90 Å². The molecule has 0 saturated carbocycles. The standard InChI is InChI=1S/C7H14ClNO2/c1-2-3-9(4-5-10)7(11)6-8/h10H,2-6H2,1H3. The minimum absolute atomic E-state index is 0. The van der Waals surface area contributed by atoms with Gasteiger partial charge in [-0.3, -0.25) is 4.79 Å². The maximum atomic E-state index is 11.0. The van der Waals surface area contributed by atoms with E-state index in [9.17, 15) is 4.79 Å². The summed E-state index contributed by atoms with van der Waals surface area (Å²) in [7, 11) is 0. The van der Waals surface area contributed by atoms with Crippen LogP contribution in [0.25, 0.3) is 0 Å². The molecule has 0 aromatic heterocycles. The molecule has 0 aliphatic carbocycles. The maximum Gasteiger partial charge on any atom is 0.237 e. The number of carbonyl (C=O) groups is 1. The van der Waals surface area contributed by atoms with Gasteiger partial charge in [-0.25, -0.2) is 0 Å². The lowest BCUT2D eigenvalue weighted by Crippen LogP contribution is -2.34. The Morgan fingerprint density at radius 1 is 1.55 bits per heavy atom. The van der Waals surface area contributed by atoms with E-state index in [4.69, 9.17) is 16.7 Å². The van der Waals surface area contributed by atoms with Crippen molar-refractivity contribution in [2.45, 2.75) is 13.3 Å². The summed E-state index contributed by atoms with van der Waals surface area (Å²) in [6, 6.07) is 0. The Kier molecular flexibility index (Phi) is 6.27. The highest BCUT2D eigenvalue weighted by Crippen LogP contribution is 1.93. The Labute approximate surface area is 71.9 Å². The molecule has 0 aliphatic heterocycles. The van der Waals surface area contributed by atoms with E-state index in [0.717, 1.165) is 6.42 Å². The molecule has 0 atom stereocenters. The van der Waals surface area contributed by atoms with Crippen LogP contribution in [0.1, 0.15) is 13.3 Å². The smallest absolute Gasteiger partial charge is 0.237 e. The van der Waals surface area contributed by atoms with Crippen LogP contribution >= 0.6 is 11.6 Å². The molecule has 0 heterocycles. The van der Waals surface area contributed by atoms with E-state index in [1.54, 1.807) is 4.90 Å². The van der Waals surface area contributed by atoms with Gasteiger partial charge >= 0.3 is 0 Å². The predicted molar refractivity (Wildman–Crippen MR) is 44.7 cm³/mol. The molecule has 0 rings (SSSR count). The predicted octanol–water partition coefficient (Wildman–Crippen LogP) is 0.456. The first-order valence-electron chi connectivity index (χ1n) is 3.70. The molecular weight excluding hydrogens is 166 g/mol. The van der Waals surface area contributed by atoms with E-state index in [2.05, 4.69) is 0 Å². The van der Waals surface area contributed by atoms with Crippen LogP contribution in [0.15, 0.2) is 0 Å². The van der Waals surface area contributed by atoms with Gasteiger partial charge in [0, 0.05) is 13.1 Å². The van der Waals surface area contributed by atoms with Gasteiger partial charge < -0.3 is 10.0 Å². The van der Waals surface area contributed by atoms with Gasteiger partial charge in [0.05, 0.1) is 6.61 Å². The van der Waals surface area contributed by atoms with Crippen LogP contribution < -0.4 is 0 Å². The molecule has 0 unspecified atom stereocenters. The van der Waals surface area contributed by atoms with Gasteiger partial charge in [-0.1, -0.05) is 6.92 Å². The van der Waals surface area contributed by atoms with Crippen LogP contribution in [0.5, 0.6) is 0 Å². The molecule has 0 aromatic rings. The molecule has 3 nitrogen and oxygen atoms in total. The average molecular weight is 180 g/mol. The summed E-state index contributed by atoms with van der Waals surface area (Å²) < 4.78 is 0. The van der Waals surface area contributed by atoms with Crippen molar-refractivity contribution in [3.8, 4) is 0 Å². The third kappa shape index (κ3) is 4.22. The first kappa shape index (κ1) is 10.7. The molecule has 0 bridgehead atoms. The number of halogens is 1. The van der Waals surface area contributed by atoms with Gasteiger partial charge in [0.25, 0.3) is 0 Å². The SMILES string of the molecule is CCCN(CCO)C(=O)CCl. The van der Waals surface area contributed by atoms with Crippen molar-refractivity contribution in [2.24, 2.45) is 0 Å². The Balaban J connectivity index is 3.76. The van der Waals surface area contributed by atoms with Crippen LogP contribution in [0, 0.1) is 0 Å². The first-order valence-corrected chi connectivity index (χ1v) is 4.24. The van der Waals surface area contributed by atoms with E-state index in [-0.39, 0.29) is 18.4 Å². The van der Waals surface area contributed by atoms with E-state index in [1.807, 2.05) is 6.92 Å². The van der Waals surface area contributed by atoms with Crippen LogP contribution in [-0.4, -0.2) is 41.5 Å². The van der Waals surface area contributed by atoms with E-state index in [0.29, 0.717) is 13.1 Å². The van der Waals surface area contributed by atoms with Crippen molar-refractivity contribution in [2.75, 3.05) is 25.6 Å². The molecule has 0 saturated heterocycles. The van der Waals surface area contributed by atoms with E-state index < -0.39 is 0 Å². The molecule has 0 fully saturated rings. The maximum absolute atomic E-state index is 11.0. The number of hydrogen-bond donors (Lipinski definition) is 1. The monoisotopic (exact) mass is 179 g/mol. The highest BCUT2D eigenvalue weighted by atomic mass is 35.5. The zero-order valence-corrected chi connectivity index (χ0v) is 7.47. The summed E-state index contributed by atoms with van der Waals surface area (Å²) in [4.78, 5) is 12.5. The highest BCUT2D eigenvalue weighted by molar-refractivity contribution is 6.27. The lowest BCUT2D eigenvalue weighted by atomic mass is 10.4. The fraction of sp³-hybridized carbons (Fsp3) is 0.857. The fourth-order valence-electron chi connectivity index (χ4n) is 0.836. The average Bonchev–Trinajstić information content (AvgIpc) is 2.03. The molecule has 4 heteroatoms. The number of nitrogens with zero attached hydrogens (tertiary/aromatic N) is 1. The van der Waals surface area contributed by atoms with Crippen molar-refractivity contribution in [3.05, 3.63) is 0 Å².